The molecule has 27 N–H and O–H groups in total. The van der Waals surface area contributed by atoms with E-state index in [2.05, 4.69) is 83.1 Å². The molecule has 0 aliphatic rings. The van der Waals surface area contributed by atoms with Crippen LogP contribution in [0.2, 0.25) is 0 Å². The minimum absolute atomic E-state index is 0.00545. The van der Waals surface area contributed by atoms with Gasteiger partial charge in [-0.1, -0.05) is 64.1 Å². The third-order valence-electron chi connectivity index (χ3n) is 15.5. The first-order valence-corrected chi connectivity index (χ1v) is 31.6. The number of aliphatic imine (C=N–C) groups is 2. The van der Waals surface area contributed by atoms with Gasteiger partial charge in [-0.2, -0.15) is 0 Å². The number of nitrogens with two attached hydrogens (primary N) is 6. The zero-order chi connectivity index (χ0) is 72.2. The summed E-state index contributed by atoms with van der Waals surface area (Å²) in [6.45, 7) is 3.86. The van der Waals surface area contributed by atoms with E-state index in [1.807, 2.05) is 0 Å². The van der Waals surface area contributed by atoms with Crippen molar-refractivity contribution in [2.45, 2.75) is 140 Å². The molecule has 3 heterocycles. The first-order chi connectivity index (χ1) is 46.6. The maximum Gasteiger partial charge on any atom is 0.322 e. The van der Waals surface area contributed by atoms with E-state index in [9.17, 15) is 67.7 Å². The van der Waals surface area contributed by atoms with Crippen molar-refractivity contribution in [2.75, 3.05) is 32.8 Å². The van der Waals surface area contributed by atoms with Gasteiger partial charge in [0.05, 0.1) is 19.5 Å². The average molecular weight is 1370 g/mol. The predicted molar refractivity (Wildman–Crippen MR) is 358 cm³/mol. The molecule has 532 valence electrons. The summed E-state index contributed by atoms with van der Waals surface area (Å²) in [5.41, 5.74) is 36.0. The molecule has 11 amide bonds. The van der Waals surface area contributed by atoms with E-state index in [0.717, 1.165) is 10.9 Å². The van der Waals surface area contributed by atoms with E-state index in [0.29, 0.717) is 27.7 Å². The number of rotatable bonds is 41. The summed E-state index contributed by atoms with van der Waals surface area (Å²) in [6.07, 6.45) is 4.65. The number of aliphatic carboxylic acids is 1. The molecular formula is C62H90N22O14. The van der Waals surface area contributed by atoms with Crippen LogP contribution in [0.15, 0.2) is 83.4 Å². The molecule has 0 unspecified atom stereocenters. The molecular weight excluding hydrogens is 1280 g/mol. The number of nitrogens with zero attached hydrogens (tertiary/aromatic N) is 3. The molecule has 5 aromatic rings. The lowest BCUT2D eigenvalue weighted by atomic mass is 10.00. The Hall–Kier alpha value is -11.2. The highest BCUT2D eigenvalue weighted by Gasteiger charge is 2.37. The summed E-state index contributed by atoms with van der Waals surface area (Å²) in [4.78, 5) is 185. The van der Waals surface area contributed by atoms with Crippen LogP contribution in [0.1, 0.15) is 83.0 Å². The number of hydrogen-bond acceptors (Lipinski definition) is 17. The van der Waals surface area contributed by atoms with Crippen molar-refractivity contribution in [3.63, 3.8) is 0 Å². The molecule has 0 bridgehead atoms. The van der Waals surface area contributed by atoms with Crippen LogP contribution < -0.4 is 87.6 Å². The fourth-order valence-corrected chi connectivity index (χ4v) is 10.3. The number of H-pyrrole nitrogens is 3. The van der Waals surface area contributed by atoms with Gasteiger partial charge in [-0.25, -0.2) is 4.98 Å². The van der Waals surface area contributed by atoms with Gasteiger partial charge in [0.25, 0.3) is 0 Å². The molecule has 5 rings (SSSR count). The van der Waals surface area contributed by atoms with E-state index in [-0.39, 0.29) is 82.8 Å². The summed E-state index contributed by atoms with van der Waals surface area (Å²) in [6, 6.07) is 0.814. The number of fused-ring (bicyclic) bond motifs is 2. The predicted octanol–water partition coefficient (Wildman–Crippen LogP) is -5.40. The third kappa shape index (κ3) is 24.5. The Labute approximate surface area is 562 Å². The van der Waals surface area contributed by atoms with Crippen LogP contribution in [0.3, 0.4) is 0 Å². The van der Waals surface area contributed by atoms with Gasteiger partial charge in [-0.15, -0.1) is 0 Å². The number of nitrogens with one attached hydrogen (secondary N) is 13. The van der Waals surface area contributed by atoms with Gasteiger partial charge in [-0.05, 0) is 67.2 Å². The third-order valence-corrected chi connectivity index (χ3v) is 15.5. The Morgan fingerprint density at radius 1 is 0.500 bits per heavy atom. The number of hydrogen-bond donors (Lipinski definition) is 21. The maximum atomic E-state index is 14.7. The molecule has 0 spiro atoms. The Morgan fingerprint density at radius 3 is 1.34 bits per heavy atom. The van der Waals surface area contributed by atoms with E-state index in [1.54, 1.807) is 88.6 Å². The van der Waals surface area contributed by atoms with E-state index < -0.39 is 157 Å². The maximum absolute atomic E-state index is 14.7. The van der Waals surface area contributed by atoms with E-state index >= 15 is 0 Å². The van der Waals surface area contributed by atoms with Crippen molar-refractivity contribution < 1.29 is 67.7 Å². The van der Waals surface area contributed by atoms with E-state index in [4.69, 9.17) is 34.4 Å². The molecule has 36 nitrogen and oxygen atoms in total. The molecule has 3 aromatic heterocycles. The molecule has 0 saturated heterocycles. The van der Waals surface area contributed by atoms with Crippen LogP contribution in [0.5, 0.6) is 0 Å². The van der Waals surface area contributed by atoms with Crippen molar-refractivity contribution in [3.8, 4) is 0 Å². The highest BCUT2D eigenvalue weighted by atomic mass is 16.4. The monoisotopic (exact) mass is 1370 g/mol. The molecule has 0 aliphatic carbocycles. The molecule has 0 aliphatic heterocycles. The number of carbonyl (C=O) groups excluding carboxylic acids is 11. The van der Waals surface area contributed by atoms with Crippen LogP contribution in [0.25, 0.3) is 21.8 Å². The van der Waals surface area contributed by atoms with E-state index in [1.165, 1.54) is 12.5 Å². The minimum atomic E-state index is -1.78. The number of imidazole rings is 1. The van der Waals surface area contributed by atoms with Gasteiger partial charge in [-0.3, -0.25) is 67.5 Å². The number of primary amides is 1. The van der Waals surface area contributed by atoms with Crippen molar-refractivity contribution in [1.82, 2.24) is 73.1 Å². The van der Waals surface area contributed by atoms with Gasteiger partial charge >= 0.3 is 5.97 Å². The molecule has 98 heavy (non-hydrogen) atoms. The van der Waals surface area contributed by atoms with Crippen LogP contribution in [0.4, 0.5) is 0 Å². The van der Waals surface area contributed by atoms with Crippen molar-refractivity contribution in [3.05, 3.63) is 90.3 Å². The van der Waals surface area contributed by atoms with Crippen LogP contribution in [-0.2, 0) is 76.8 Å². The Balaban J connectivity index is 1.36. The highest BCUT2D eigenvalue weighted by Crippen LogP contribution is 2.22. The van der Waals surface area contributed by atoms with Crippen molar-refractivity contribution in [2.24, 2.45) is 56.2 Å². The van der Waals surface area contributed by atoms with Crippen molar-refractivity contribution in [1.29, 1.82) is 0 Å². The molecule has 36 heteroatoms. The topological polar surface area (TPSA) is 607 Å². The summed E-state index contributed by atoms with van der Waals surface area (Å²) < 4.78 is 0. The minimum Gasteiger partial charge on any atom is -0.480 e. The van der Waals surface area contributed by atoms with Crippen LogP contribution in [-0.4, -0.2) is 200 Å². The standard InChI is InChI=1S/C62H90N22O14/c1-31(2)50(59(97)78-40(15-9-19-70-61(65)66)53(91)79-43(52(90)74-28-49(88)89)21-33-25-72-38-13-7-5-11-36(33)38)84-58(96)46(29-85)82-60(98)51(32(3)4)83-55(93)41(16-10-20-71-62(67)68)77-57(95)45(23-35-27-69-30-75-35)81-56(94)44(22-34-26-73-39-14-8-6-12-37(34)39)80-54(92)42(17-18-47(64)86)76-48(87)24-63/h5-8,11-14,25-27,30-32,40-46,50-51,72-73,85H,9-10,15-24,28-29,63H2,1-4H3,(H2,64,86)(H,69,75)(H,74,90)(H,76,87)(H,77,95)(H,78,97)(H,79,91)(H,80,92)(H,81,94)(H,82,98)(H,83,93)(H,84,96)(H,88,89)(H4,65,66,70)(H4,67,68,71)/t40-,41-,42-,43-,44-,45-,46-,50-,51-/m0/s1. The lowest BCUT2D eigenvalue weighted by Crippen LogP contribution is -2.62. The number of aliphatic hydroxyl groups excluding tert-OH is 1. The summed E-state index contributed by atoms with van der Waals surface area (Å²) >= 11 is 0. The number of para-hydroxylation sites is 2. The number of carboxylic acids is 1. The Morgan fingerprint density at radius 2 is 0.908 bits per heavy atom. The SMILES string of the molecule is CC(C)[C@H](NC(=O)[C@H](CO)NC(=O)[C@@H](NC(=O)[C@H](CCCN=C(N)N)NC(=O)[C@H](Cc1cnc[nH]1)NC(=O)[C@H](Cc1c[nH]c2ccccc12)NC(=O)[C@H](CCC(N)=O)NC(=O)CN)C(C)C)C(=O)N[C@@H](CCCN=C(N)N)C(=O)N[C@@H](Cc1c[nH]c2ccccc12)C(=O)NCC(=O)O. The number of carbonyl (C=O) groups is 12. The number of aliphatic hydroxyl groups is 1. The molecule has 2 aromatic carbocycles. The number of carboxylic acid groups (broad SMARTS) is 1. The quantitative estimate of drug-likeness (QED) is 0.00987. The largest absolute Gasteiger partial charge is 0.480 e. The summed E-state index contributed by atoms with van der Waals surface area (Å²) in [5, 5.41) is 46.9. The number of benzene rings is 2. The van der Waals surface area contributed by atoms with Gasteiger partial charge in [0.15, 0.2) is 11.9 Å². The number of aromatic amines is 3. The van der Waals surface area contributed by atoms with Gasteiger partial charge in [0.1, 0.15) is 60.9 Å². The Kier molecular flexibility index (Phi) is 30.4. The first-order valence-electron chi connectivity index (χ1n) is 31.6. The first kappa shape index (κ1) is 77.5. The molecule has 0 fully saturated rings. The number of aromatic nitrogens is 4. The zero-order valence-corrected chi connectivity index (χ0v) is 54.8. The fourth-order valence-electron chi connectivity index (χ4n) is 10.3. The highest BCUT2D eigenvalue weighted by molar-refractivity contribution is 6.00. The van der Waals surface area contributed by atoms with Gasteiger partial charge in [0, 0.05) is 84.9 Å². The second-order valence-corrected chi connectivity index (χ2v) is 23.8. The van der Waals surface area contributed by atoms with Crippen molar-refractivity contribution >= 4 is 105 Å². The van der Waals surface area contributed by atoms with Crippen LogP contribution in [0, 0.1) is 11.8 Å². The number of guanidine groups is 2. The second kappa shape index (κ2) is 38.4. The normalized spacial score (nSPS) is 13.9. The summed E-state index contributed by atoms with van der Waals surface area (Å²) in [5.74, 6) is -13.3. The molecule has 9 atom stereocenters. The smallest absolute Gasteiger partial charge is 0.322 e. The van der Waals surface area contributed by atoms with Crippen LogP contribution >= 0.6 is 0 Å². The number of amides is 11. The fraction of sp³-hybridized carbons (Fsp3) is 0.468. The Bertz CT molecular complexity index is 3640. The zero-order valence-electron chi connectivity index (χ0n) is 54.8. The van der Waals surface area contributed by atoms with Gasteiger partial charge < -0.3 is 113 Å². The average Bonchev–Trinajstić information content (AvgIpc) is 1.63. The molecule has 0 radical (unpaired) electrons. The molecule has 0 saturated carbocycles. The lowest BCUT2D eigenvalue weighted by molar-refractivity contribution is -0.138. The lowest BCUT2D eigenvalue weighted by Gasteiger charge is -2.29. The summed E-state index contributed by atoms with van der Waals surface area (Å²) in [7, 11) is 0. The van der Waals surface area contributed by atoms with Gasteiger partial charge in [0.2, 0.25) is 65.0 Å². The second-order valence-electron chi connectivity index (χ2n) is 23.8.